The summed E-state index contributed by atoms with van der Waals surface area (Å²) in [6.45, 7) is 6.03. The van der Waals surface area contributed by atoms with Crippen molar-refractivity contribution in [2.45, 2.75) is 27.2 Å². The van der Waals surface area contributed by atoms with E-state index in [1.165, 1.54) is 5.56 Å². The number of benzene rings is 2. The maximum absolute atomic E-state index is 12.5. The maximum atomic E-state index is 12.5. The second-order valence-electron chi connectivity index (χ2n) is 5.56. The van der Waals surface area contributed by atoms with Gasteiger partial charge in [-0.2, -0.15) is 0 Å². The molecule has 1 aromatic heterocycles. The van der Waals surface area contributed by atoms with Gasteiger partial charge in [0.1, 0.15) is 5.58 Å². The lowest BCUT2D eigenvalue weighted by atomic mass is 10.1. The Bertz CT molecular complexity index is 846. The van der Waals surface area contributed by atoms with Gasteiger partial charge in [-0.15, -0.1) is 0 Å². The van der Waals surface area contributed by atoms with E-state index in [2.05, 4.69) is 18.3 Å². The van der Waals surface area contributed by atoms with E-state index in [1.807, 2.05) is 50.2 Å². The predicted molar refractivity (Wildman–Crippen MR) is 89.5 cm³/mol. The van der Waals surface area contributed by atoms with Crippen molar-refractivity contribution in [3.05, 3.63) is 64.9 Å². The molecular weight excluding hydrogens is 274 g/mol. The summed E-state index contributed by atoms with van der Waals surface area (Å²) in [6, 6.07) is 13.8. The molecule has 0 atom stereocenters. The molecule has 112 valence electrons. The van der Waals surface area contributed by atoms with Gasteiger partial charge in [-0.1, -0.05) is 25.1 Å². The third kappa shape index (κ3) is 2.62. The Morgan fingerprint density at radius 2 is 1.95 bits per heavy atom. The Morgan fingerprint density at radius 3 is 2.68 bits per heavy atom. The van der Waals surface area contributed by atoms with Crippen molar-refractivity contribution >= 4 is 22.6 Å². The lowest BCUT2D eigenvalue weighted by molar-refractivity contribution is 0.0998. The number of amides is 1. The van der Waals surface area contributed by atoms with Crippen LogP contribution in [0.3, 0.4) is 0 Å². The van der Waals surface area contributed by atoms with Gasteiger partial charge in [0.25, 0.3) is 5.91 Å². The van der Waals surface area contributed by atoms with Crippen LogP contribution in [-0.4, -0.2) is 5.91 Å². The average molecular weight is 293 g/mol. The van der Waals surface area contributed by atoms with Gasteiger partial charge in [0.2, 0.25) is 0 Å². The summed E-state index contributed by atoms with van der Waals surface area (Å²) in [7, 11) is 0. The van der Waals surface area contributed by atoms with Crippen molar-refractivity contribution in [2.75, 3.05) is 5.32 Å². The number of nitrogens with one attached hydrogen (secondary N) is 1. The minimum Gasteiger partial charge on any atom is -0.451 e. The van der Waals surface area contributed by atoms with Crippen molar-refractivity contribution in [2.24, 2.45) is 0 Å². The highest BCUT2D eigenvalue weighted by atomic mass is 16.3. The zero-order valence-corrected chi connectivity index (χ0v) is 13.1. The quantitative estimate of drug-likeness (QED) is 0.749. The first-order chi connectivity index (χ1) is 10.6. The summed E-state index contributed by atoms with van der Waals surface area (Å²) in [5, 5.41) is 3.90. The first-order valence-electron chi connectivity index (χ1n) is 7.48. The first-order valence-corrected chi connectivity index (χ1v) is 7.48. The van der Waals surface area contributed by atoms with E-state index >= 15 is 0 Å². The molecule has 0 aliphatic rings. The molecule has 1 amide bonds. The molecule has 2 aromatic carbocycles. The molecule has 3 rings (SSSR count). The minimum absolute atomic E-state index is 0.211. The third-order valence-electron chi connectivity index (χ3n) is 3.89. The molecule has 1 N–H and O–H groups in total. The fraction of sp³-hybridized carbons (Fsp3) is 0.211. The largest absolute Gasteiger partial charge is 0.451 e. The normalized spacial score (nSPS) is 10.9. The van der Waals surface area contributed by atoms with Gasteiger partial charge >= 0.3 is 0 Å². The van der Waals surface area contributed by atoms with Gasteiger partial charge in [-0.25, -0.2) is 0 Å². The maximum Gasteiger partial charge on any atom is 0.291 e. The van der Waals surface area contributed by atoms with Crippen LogP contribution in [0, 0.1) is 13.8 Å². The zero-order chi connectivity index (χ0) is 15.7. The van der Waals surface area contributed by atoms with E-state index < -0.39 is 0 Å². The number of carbonyl (C=O) groups is 1. The zero-order valence-electron chi connectivity index (χ0n) is 13.1. The monoisotopic (exact) mass is 293 g/mol. The highest BCUT2D eigenvalue weighted by Crippen LogP contribution is 2.27. The minimum atomic E-state index is -0.211. The van der Waals surface area contributed by atoms with Crippen LogP contribution in [-0.2, 0) is 6.42 Å². The summed E-state index contributed by atoms with van der Waals surface area (Å²) in [6.07, 6.45) is 0.964. The van der Waals surface area contributed by atoms with Crippen LogP contribution in [0.1, 0.15) is 34.2 Å². The summed E-state index contributed by atoms with van der Waals surface area (Å²) >= 11 is 0. The molecule has 0 aliphatic heterocycles. The molecule has 0 aliphatic carbocycles. The average Bonchev–Trinajstić information content (AvgIpc) is 2.84. The van der Waals surface area contributed by atoms with E-state index in [-0.39, 0.29) is 5.91 Å². The molecule has 1 heterocycles. The molecule has 0 radical (unpaired) electrons. The standard InChI is InChI=1S/C19H19NO2/c1-4-14-8-9-17-16(11-14)13(3)18(22-17)19(21)20-15-7-5-6-12(2)10-15/h5-11H,4H2,1-3H3,(H,20,21). The van der Waals surface area contributed by atoms with E-state index in [0.29, 0.717) is 5.76 Å². The van der Waals surface area contributed by atoms with E-state index in [9.17, 15) is 4.79 Å². The molecule has 0 saturated carbocycles. The molecule has 0 spiro atoms. The van der Waals surface area contributed by atoms with E-state index in [1.54, 1.807) is 0 Å². The molecule has 0 fully saturated rings. The summed E-state index contributed by atoms with van der Waals surface area (Å²) in [5.74, 6) is 0.169. The molecule has 3 aromatic rings. The topological polar surface area (TPSA) is 42.2 Å². The van der Waals surface area contributed by atoms with Crippen LogP contribution < -0.4 is 5.32 Å². The number of hydrogen-bond acceptors (Lipinski definition) is 2. The van der Waals surface area contributed by atoms with Crippen molar-refractivity contribution in [1.29, 1.82) is 0 Å². The number of furan rings is 1. The highest BCUT2D eigenvalue weighted by molar-refractivity contribution is 6.06. The molecule has 22 heavy (non-hydrogen) atoms. The third-order valence-corrected chi connectivity index (χ3v) is 3.89. The molecule has 0 bridgehead atoms. The van der Waals surface area contributed by atoms with E-state index in [4.69, 9.17) is 4.42 Å². The number of hydrogen-bond donors (Lipinski definition) is 1. The Balaban J connectivity index is 1.95. The van der Waals surface area contributed by atoms with Gasteiger partial charge in [-0.05, 0) is 55.7 Å². The lowest BCUT2D eigenvalue weighted by Crippen LogP contribution is -2.12. The van der Waals surface area contributed by atoms with Crippen LogP contribution >= 0.6 is 0 Å². The smallest absolute Gasteiger partial charge is 0.291 e. The lowest BCUT2D eigenvalue weighted by Gasteiger charge is -2.04. The van der Waals surface area contributed by atoms with Gasteiger partial charge < -0.3 is 9.73 Å². The number of anilines is 1. The second kappa shape index (κ2) is 5.68. The van der Waals surface area contributed by atoms with Crippen molar-refractivity contribution in [3.63, 3.8) is 0 Å². The number of rotatable bonds is 3. The Morgan fingerprint density at radius 1 is 1.14 bits per heavy atom. The fourth-order valence-corrected chi connectivity index (χ4v) is 2.62. The number of fused-ring (bicyclic) bond motifs is 1. The Hall–Kier alpha value is -2.55. The van der Waals surface area contributed by atoms with Crippen molar-refractivity contribution in [3.8, 4) is 0 Å². The Kier molecular flexibility index (Phi) is 3.72. The van der Waals surface area contributed by atoms with Crippen LogP contribution in [0.25, 0.3) is 11.0 Å². The Labute approximate surface area is 130 Å². The highest BCUT2D eigenvalue weighted by Gasteiger charge is 2.18. The summed E-state index contributed by atoms with van der Waals surface area (Å²) in [5.41, 5.74) is 4.76. The van der Waals surface area contributed by atoms with Crippen LogP contribution in [0.4, 0.5) is 5.69 Å². The molecule has 3 heteroatoms. The van der Waals surface area contributed by atoms with Gasteiger partial charge in [0, 0.05) is 16.6 Å². The van der Waals surface area contributed by atoms with Gasteiger partial charge in [0.05, 0.1) is 0 Å². The van der Waals surface area contributed by atoms with Crippen molar-refractivity contribution < 1.29 is 9.21 Å². The summed E-state index contributed by atoms with van der Waals surface area (Å²) in [4.78, 5) is 12.5. The molecule has 0 saturated heterocycles. The molecule has 3 nitrogen and oxygen atoms in total. The van der Waals surface area contributed by atoms with Crippen LogP contribution in [0.15, 0.2) is 46.9 Å². The van der Waals surface area contributed by atoms with Crippen LogP contribution in [0.5, 0.6) is 0 Å². The van der Waals surface area contributed by atoms with Crippen LogP contribution in [0.2, 0.25) is 0 Å². The van der Waals surface area contributed by atoms with E-state index in [0.717, 1.165) is 34.2 Å². The van der Waals surface area contributed by atoms with Gasteiger partial charge in [-0.3, -0.25) is 4.79 Å². The summed E-state index contributed by atoms with van der Waals surface area (Å²) < 4.78 is 5.75. The SMILES string of the molecule is CCc1ccc2oc(C(=O)Nc3cccc(C)c3)c(C)c2c1. The second-order valence-corrected chi connectivity index (χ2v) is 5.56. The number of carbonyl (C=O) groups excluding carboxylic acids is 1. The number of aryl methyl sites for hydroxylation is 3. The van der Waals surface area contributed by atoms with Crippen molar-refractivity contribution in [1.82, 2.24) is 0 Å². The molecule has 0 unspecified atom stereocenters. The molecular formula is C19H19NO2. The first kappa shape index (κ1) is 14.4. The van der Waals surface area contributed by atoms with Gasteiger partial charge in [0.15, 0.2) is 5.76 Å². The predicted octanol–water partition coefficient (Wildman–Crippen LogP) is 4.86. The fourth-order valence-electron chi connectivity index (χ4n) is 2.62.